The first kappa shape index (κ1) is 14.6. The number of aliphatic carboxylic acids is 1. The summed E-state index contributed by atoms with van der Waals surface area (Å²) >= 11 is 0. The van der Waals surface area contributed by atoms with Crippen LogP contribution in [0.3, 0.4) is 0 Å². The molecule has 0 aliphatic heterocycles. The molecule has 0 heterocycles. The monoisotopic (exact) mass is 287 g/mol. The Labute approximate surface area is 127 Å². The largest absolute Gasteiger partial charge is 0.480 e. The van der Waals surface area contributed by atoms with Crippen molar-refractivity contribution in [3.05, 3.63) is 35.4 Å². The van der Waals surface area contributed by atoms with Crippen LogP contribution in [0.25, 0.3) is 0 Å². The lowest BCUT2D eigenvalue weighted by molar-refractivity contribution is -0.140. The van der Waals surface area contributed by atoms with Crippen LogP contribution in [0.2, 0.25) is 0 Å². The van der Waals surface area contributed by atoms with Gasteiger partial charge >= 0.3 is 5.97 Å². The molecule has 0 saturated heterocycles. The fraction of sp³-hybridized carbons (Fsp3) is 0.611. The normalized spacial score (nSPS) is 27.7. The Hall–Kier alpha value is -1.35. The standard InChI is InChI=1S/C18H25NO2/c1-12(2)19(11-17(20)21)18-15-7-8-16(18)10-14-6-4-3-5-13(14)9-15/h3-6,12,15-16,18H,7-11H2,1-2H3,(H,20,21). The summed E-state index contributed by atoms with van der Waals surface area (Å²) in [6.07, 6.45) is 4.71. The van der Waals surface area contributed by atoms with E-state index in [1.165, 1.54) is 24.0 Å². The highest BCUT2D eigenvalue weighted by molar-refractivity contribution is 5.69. The van der Waals surface area contributed by atoms with Gasteiger partial charge < -0.3 is 5.11 Å². The molecule has 1 aromatic carbocycles. The van der Waals surface area contributed by atoms with E-state index in [1.54, 1.807) is 0 Å². The van der Waals surface area contributed by atoms with Gasteiger partial charge in [0.15, 0.2) is 0 Å². The molecule has 0 radical (unpaired) electrons. The van der Waals surface area contributed by atoms with Gasteiger partial charge in [0.2, 0.25) is 0 Å². The second kappa shape index (κ2) is 5.80. The molecule has 2 unspecified atom stereocenters. The molecule has 21 heavy (non-hydrogen) atoms. The number of hydrogen-bond donors (Lipinski definition) is 1. The molecule has 2 atom stereocenters. The Morgan fingerprint density at radius 2 is 1.71 bits per heavy atom. The Kier molecular flexibility index (Phi) is 4.03. The van der Waals surface area contributed by atoms with Gasteiger partial charge in [0, 0.05) is 12.1 Å². The molecule has 2 aliphatic carbocycles. The summed E-state index contributed by atoms with van der Waals surface area (Å²) in [6, 6.07) is 9.48. The maximum Gasteiger partial charge on any atom is 0.317 e. The van der Waals surface area contributed by atoms with Crippen molar-refractivity contribution in [3.8, 4) is 0 Å². The molecule has 0 spiro atoms. The van der Waals surface area contributed by atoms with Crippen LogP contribution in [0.5, 0.6) is 0 Å². The molecule has 3 nitrogen and oxygen atoms in total. The zero-order chi connectivity index (χ0) is 15.0. The number of fused-ring (bicyclic) bond motifs is 3. The lowest BCUT2D eigenvalue weighted by Gasteiger charge is -2.37. The van der Waals surface area contributed by atoms with Gasteiger partial charge in [-0.05, 0) is 62.5 Å². The fourth-order valence-electron chi connectivity index (χ4n) is 4.45. The first-order valence-electron chi connectivity index (χ1n) is 8.10. The predicted molar refractivity (Wildman–Crippen MR) is 83.3 cm³/mol. The molecule has 114 valence electrons. The number of carboxylic acids is 1. The van der Waals surface area contributed by atoms with Gasteiger partial charge in [-0.1, -0.05) is 24.3 Å². The Balaban J connectivity index is 1.89. The molecule has 3 heteroatoms. The average molecular weight is 287 g/mol. The summed E-state index contributed by atoms with van der Waals surface area (Å²) in [6.45, 7) is 4.42. The summed E-state index contributed by atoms with van der Waals surface area (Å²) in [5.41, 5.74) is 2.96. The van der Waals surface area contributed by atoms with Gasteiger partial charge in [0.25, 0.3) is 0 Å². The summed E-state index contributed by atoms with van der Waals surface area (Å²) < 4.78 is 0. The van der Waals surface area contributed by atoms with E-state index in [9.17, 15) is 9.90 Å². The molecule has 1 aromatic rings. The quantitative estimate of drug-likeness (QED) is 0.925. The summed E-state index contributed by atoms with van der Waals surface area (Å²) in [4.78, 5) is 13.5. The van der Waals surface area contributed by atoms with E-state index in [0.29, 0.717) is 17.9 Å². The van der Waals surface area contributed by atoms with Gasteiger partial charge in [0.1, 0.15) is 0 Å². The van der Waals surface area contributed by atoms with Crippen LogP contribution in [0.4, 0.5) is 0 Å². The van der Waals surface area contributed by atoms with Crippen molar-refractivity contribution in [2.45, 2.75) is 51.6 Å². The topological polar surface area (TPSA) is 40.5 Å². The highest BCUT2D eigenvalue weighted by atomic mass is 16.4. The third-order valence-electron chi connectivity index (χ3n) is 5.32. The van der Waals surface area contributed by atoms with Crippen LogP contribution < -0.4 is 0 Å². The molecular formula is C18H25NO2. The molecule has 0 amide bonds. The minimum atomic E-state index is -0.704. The number of rotatable bonds is 4. The number of carboxylic acid groups (broad SMARTS) is 1. The zero-order valence-corrected chi connectivity index (χ0v) is 13.0. The van der Waals surface area contributed by atoms with Gasteiger partial charge in [-0.3, -0.25) is 9.69 Å². The van der Waals surface area contributed by atoms with Crippen molar-refractivity contribution < 1.29 is 9.90 Å². The number of benzene rings is 1. The highest BCUT2D eigenvalue weighted by Crippen LogP contribution is 2.43. The number of hydrogen-bond acceptors (Lipinski definition) is 2. The minimum absolute atomic E-state index is 0.172. The van der Waals surface area contributed by atoms with Crippen molar-refractivity contribution >= 4 is 5.97 Å². The van der Waals surface area contributed by atoms with Crippen LogP contribution in [-0.4, -0.2) is 34.6 Å². The van der Waals surface area contributed by atoms with Crippen molar-refractivity contribution in [3.63, 3.8) is 0 Å². The SMILES string of the molecule is CC(C)N(CC(=O)O)C1C2CCC1Cc1ccccc1C2. The van der Waals surface area contributed by atoms with E-state index in [2.05, 4.69) is 43.0 Å². The first-order valence-corrected chi connectivity index (χ1v) is 8.10. The van der Waals surface area contributed by atoms with Crippen LogP contribution in [0.1, 0.15) is 37.8 Å². The van der Waals surface area contributed by atoms with Gasteiger partial charge in [0.05, 0.1) is 6.54 Å². The molecule has 2 aliphatic rings. The van der Waals surface area contributed by atoms with Crippen molar-refractivity contribution in [1.29, 1.82) is 0 Å². The lowest BCUT2D eigenvalue weighted by atomic mass is 9.92. The first-order chi connectivity index (χ1) is 10.1. The summed E-state index contributed by atoms with van der Waals surface area (Å²) in [5, 5.41) is 9.26. The highest BCUT2D eigenvalue weighted by Gasteiger charge is 2.43. The van der Waals surface area contributed by atoms with Gasteiger partial charge in [-0.2, -0.15) is 0 Å². The number of carbonyl (C=O) groups is 1. The molecular weight excluding hydrogens is 262 g/mol. The summed E-state index contributed by atoms with van der Waals surface area (Å²) in [7, 11) is 0. The third-order valence-corrected chi connectivity index (χ3v) is 5.32. The van der Waals surface area contributed by atoms with E-state index in [0.717, 1.165) is 12.8 Å². The Morgan fingerprint density at radius 3 is 2.14 bits per heavy atom. The van der Waals surface area contributed by atoms with E-state index < -0.39 is 5.97 Å². The second-order valence-corrected chi connectivity index (χ2v) is 6.92. The summed E-state index contributed by atoms with van der Waals surface area (Å²) in [5.74, 6) is 0.519. The van der Waals surface area contributed by atoms with Crippen molar-refractivity contribution in [2.24, 2.45) is 11.8 Å². The smallest absolute Gasteiger partial charge is 0.317 e. The van der Waals surface area contributed by atoms with Gasteiger partial charge in [-0.15, -0.1) is 0 Å². The molecule has 1 N–H and O–H groups in total. The van der Waals surface area contributed by atoms with Crippen molar-refractivity contribution in [2.75, 3.05) is 6.54 Å². The molecule has 1 saturated carbocycles. The fourth-order valence-corrected chi connectivity index (χ4v) is 4.45. The van der Waals surface area contributed by atoms with E-state index in [4.69, 9.17) is 0 Å². The van der Waals surface area contributed by atoms with Gasteiger partial charge in [-0.25, -0.2) is 0 Å². The average Bonchev–Trinajstić information content (AvgIpc) is 2.70. The zero-order valence-electron chi connectivity index (χ0n) is 13.0. The second-order valence-electron chi connectivity index (χ2n) is 6.92. The predicted octanol–water partition coefficient (Wildman–Crippen LogP) is 2.98. The van der Waals surface area contributed by atoms with Crippen LogP contribution in [-0.2, 0) is 17.6 Å². The van der Waals surface area contributed by atoms with Crippen LogP contribution in [0.15, 0.2) is 24.3 Å². The van der Waals surface area contributed by atoms with E-state index in [1.807, 2.05) is 0 Å². The van der Waals surface area contributed by atoms with Crippen LogP contribution in [0, 0.1) is 11.8 Å². The van der Waals surface area contributed by atoms with Crippen molar-refractivity contribution in [1.82, 2.24) is 4.90 Å². The van der Waals surface area contributed by atoms with E-state index in [-0.39, 0.29) is 12.6 Å². The maximum atomic E-state index is 11.3. The van der Waals surface area contributed by atoms with E-state index >= 15 is 0 Å². The molecule has 2 bridgehead atoms. The molecule has 1 fully saturated rings. The Morgan fingerprint density at radius 1 is 1.19 bits per heavy atom. The molecule has 3 rings (SSSR count). The Bertz CT molecular complexity index is 493. The lowest BCUT2D eigenvalue weighted by Crippen LogP contribution is -2.48. The third kappa shape index (κ3) is 2.84. The van der Waals surface area contributed by atoms with Crippen LogP contribution >= 0.6 is 0 Å². The number of nitrogens with zero attached hydrogens (tertiary/aromatic N) is 1. The minimum Gasteiger partial charge on any atom is -0.480 e. The maximum absolute atomic E-state index is 11.3. The molecule has 0 aromatic heterocycles.